The van der Waals surface area contributed by atoms with Crippen LogP contribution >= 0.6 is 34.2 Å². The van der Waals surface area contributed by atoms with Gasteiger partial charge in [-0.05, 0) is 60.5 Å². The van der Waals surface area contributed by atoms with Gasteiger partial charge in [-0.25, -0.2) is 0 Å². The van der Waals surface area contributed by atoms with Crippen LogP contribution in [0.5, 0.6) is 0 Å². The summed E-state index contributed by atoms with van der Waals surface area (Å²) < 4.78 is 3.26. The summed E-state index contributed by atoms with van der Waals surface area (Å²) in [4.78, 5) is 0. The number of halogens is 2. The van der Waals surface area contributed by atoms with E-state index in [2.05, 4.69) is 72.0 Å². The van der Waals surface area contributed by atoms with E-state index in [-0.39, 0.29) is 6.04 Å². The Morgan fingerprint density at radius 3 is 2.81 bits per heavy atom. The van der Waals surface area contributed by atoms with Crippen molar-refractivity contribution in [3.63, 3.8) is 0 Å². The molecule has 3 nitrogen and oxygen atoms in total. The fraction of sp³-hybridized carbons (Fsp3) is 0.438. The van der Waals surface area contributed by atoms with Gasteiger partial charge in [-0.2, -0.15) is 5.10 Å². The molecule has 1 aromatic heterocycles. The normalized spacial score (nSPS) is 12.6. The zero-order valence-electron chi connectivity index (χ0n) is 12.7. The summed E-state index contributed by atoms with van der Waals surface area (Å²) in [5.41, 5.74) is 3.60. The van der Waals surface area contributed by atoms with Crippen molar-refractivity contribution in [2.75, 3.05) is 6.54 Å². The van der Waals surface area contributed by atoms with Crippen molar-refractivity contribution < 1.29 is 0 Å². The smallest absolute Gasteiger partial charge is 0.0837 e. The van der Waals surface area contributed by atoms with Gasteiger partial charge in [0, 0.05) is 10.1 Å². The van der Waals surface area contributed by atoms with Gasteiger partial charge in [0.25, 0.3) is 0 Å². The number of nitrogens with one attached hydrogen (secondary N) is 1. The van der Waals surface area contributed by atoms with Gasteiger partial charge in [0.05, 0.1) is 23.0 Å². The monoisotopic (exact) mass is 417 g/mol. The average molecular weight is 418 g/mol. The average Bonchev–Trinajstić information content (AvgIpc) is 2.85. The molecule has 21 heavy (non-hydrogen) atoms. The van der Waals surface area contributed by atoms with E-state index >= 15 is 0 Å². The van der Waals surface area contributed by atoms with Crippen molar-refractivity contribution in [2.45, 2.75) is 39.8 Å². The maximum Gasteiger partial charge on any atom is 0.0837 e. The Labute approximate surface area is 145 Å². The Bertz CT molecular complexity index is 610. The first-order chi connectivity index (χ1) is 10.1. The van der Waals surface area contributed by atoms with Gasteiger partial charge in [-0.1, -0.05) is 36.7 Å². The maximum atomic E-state index is 6.41. The molecule has 1 heterocycles. The highest BCUT2D eigenvalue weighted by Crippen LogP contribution is 2.32. The van der Waals surface area contributed by atoms with Gasteiger partial charge in [0.15, 0.2) is 0 Å². The third kappa shape index (κ3) is 3.60. The predicted molar refractivity (Wildman–Crippen MR) is 96.9 cm³/mol. The predicted octanol–water partition coefficient (Wildman–Crippen LogP) is 4.56. The number of hydrogen-bond donors (Lipinski definition) is 1. The van der Waals surface area contributed by atoms with E-state index in [0.717, 1.165) is 30.2 Å². The van der Waals surface area contributed by atoms with Gasteiger partial charge in [-0.15, -0.1) is 0 Å². The van der Waals surface area contributed by atoms with E-state index in [1.165, 1.54) is 14.7 Å². The highest BCUT2D eigenvalue weighted by Gasteiger charge is 2.23. The second kappa shape index (κ2) is 7.61. The van der Waals surface area contributed by atoms with Crippen LogP contribution in [0.15, 0.2) is 24.4 Å². The van der Waals surface area contributed by atoms with E-state index in [1.807, 2.05) is 4.68 Å². The van der Waals surface area contributed by atoms with E-state index in [4.69, 9.17) is 11.6 Å². The minimum atomic E-state index is 0.0756. The summed E-state index contributed by atoms with van der Waals surface area (Å²) in [5.74, 6) is 0. The van der Waals surface area contributed by atoms with E-state index < -0.39 is 0 Å². The fourth-order valence-electron chi connectivity index (χ4n) is 2.45. The van der Waals surface area contributed by atoms with Crippen molar-refractivity contribution in [3.8, 4) is 0 Å². The molecule has 1 aromatic carbocycles. The van der Waals surface area contributed by atoms with Crippen molar-refractivity contribution in [1.82, 2.24) is 15.1 Å². The Balaban J connectivity index is 2.52. The van der Waals surface area contributed by atoms with Crippen molar-refractivity contribution in [2.24, 2.45) is 0 Å². The molecule has 0 fully saturated rings. The first-order valence-electron chi connectivity index (χ1n) is 7.29. The number of nitrogens with zero attached hydrogens (tertiary/aromatic N) is 2. The molecule has 1 N–H and O–H groups in total. The minimum absolute atomic E-state index is 0.0756. The lowest BCUT2D eigenvalue weighted by Gasteiger charge is -2.22. The maximum absolute atomic E-state index is 6.41. The Morgan fingerprint density at radius 1 is 1.38 bits per heavy atom. The summed E-state index contributed by atoms with van der Waals surface area (Å²) >= 11 is 8.83. The Kier molecular flexibility index (Phi) is 6.08. The molecule has 0 amide bonds. The first kappa shape index (κ1) is 16.8. The molecule has 0 aliphatic carbocycles. The summed E-state index contributed by atoms with van der Waals surface area (Å²) in [6.45, 7) is 8.16. The van der Waals surface area contributed by atoms with Gasteiger partial charge in [0.1, 0.15) is 0 Å². The van der Waals surface area contributed by atoms with Crippen LogP contribution < -0.4 is 5.32 Å². The van der Waals surface area contributed by atoms with Crippen LogP contribution in [-0.2, 0) is 6.54 Å². The molecule has 2 aromatic rings. The first-order valence-corrected chi connectivity index (χ1v) is 8.75. The molecule has 0 radical (unpaired) electrons. The summed E-state index contributed by atoms with van der Waals surface area (Å²) in [7, 11) is 0. The van der Waals surface area contributed by atoms with Crippen LogP contribution in [0.3, 0.4) is 0 Å². The van der Waals surface area contributed by atoms with Gasteiger partial charge in [-0.3, -0.25) is 4.68 Å². The third-order valence-corrected chi connectivity index (χ3v) is 5.30. The largest absolute Gasteiger partial charge is 0.305 e. The van der Waals surface area contributed by atoms with E-state index in [0.29, 0.717) is 0 Å². The minimum Gasteiger partial charge on any atom is -0.305 e. The highest BCUT2D eigenvalue weighted by molar-refractivity contribution is 14.1. The molecule has 0 saturated heterocycles. The van der Waals surface area contributed by atoms with Crippen molar-refractivity contribution in [1.29, 1.82) is 0 Å². The Morgan fingerprint density at radius 2 is 2.14 bits per heavy atom. The van der Waals surface area contributed by atoms with Gasteiger partial charge in [0.2, 0.25) is 0 Å². The molecule has 0 spiro atoms. The fourth-order valence-corrected chi connectivity index (χ4v) is 3.37. The molecule has 1 unspecified atom stereocenters. The lowest BCUT2D eigenvalue weighted by Crippen LogP contribution is -2.27. The second-order valence-corrected chi connectivity index (χ2v) is 6.54. The standard InChI is InChI=1S/C16H21ClIN3/c1-4-9-19-15(12-8-6-7-11(3)14(12)18)16-13(17)10-20-21(16)5-2/h6-8,10,15,19H,4-5,9H2,1-3H3. The van der Waals surface area contributed by atoms with Gasteiger partial charge >= 0.3 is 0 Å². The Hall–Kier alpha value is -0.590. The molecule has 0 aliphatic rings. The summed E-state index contributed by atoms with van der Waals surface area (Å²) in [5, 5.41) is 8.73. The molecule has 0 saturated carbocycles. The molecule has 5 heteroatoms. The molecule has 1 atom stereocenters. The molecule has 114 valence electrons. The topological polar surface area (TPSA) is 29.9 Å². The number of aryl methyl sites for hydroxylation is 2. The summed E-state index contributed by atoms with van der Waals surface area (Å²) in [6, 6.07) is 6.49. The zero-order valence-corrected chi connectivity index (χ0v) is 15.6. The quantitative estimate of drug-likeness (QED) is 0.698. The van der Waals surface area contributed by atoms with Crippen LogP contribution in [0.4, 0.5) is 0 Å². The lowest BCUT2D eigenvalue weighted by atomic mass is 10.0. The molecule has 2 rings (SSSR count). The van der Waals surface area contributed by atoms with E-state index in [9.17, 15) is 0 Å². The SMILES string of the molecule is CCCNC(c1cccc(C)c1I)c1c(Cl)cnn1CC. The van der Waals surface area contributed by atoms with Crippen LogP contribution in [0, 0.1) is 10.5 Å². The van der Waals surface area contributed by atoms with Gasteiger partial charge < -0.3 is 5.32 Å². The number of hydrogen-bond acceptors (Lipinski definition) is 2. The number of benzene rings is 1. The molecular weight excluding hydrogens is 397 g/mol. The summed E-state index contributed by atoms with van der Waals surface area (Å²) in [6.07, 6.45) is 2.82. The molecular formula is C16H21ClIN3. The van der Waals surface area contributed by atoms with Crippen molar-refractivity contribution in [3.05, 3.63) is 49.8 Å². The van der Waals surface area contributed by atoms with Crippen molar-refractivity contribution >= 4 is 34.2 Å². The number of aromatic nitrogens is 2. The zero-order chi connectivity index (χ0) is 15.4. The number of rotatable bonds is 6. The third-order valence-electron chi connectivity index (χ3n) is 3.54. The van der Waals surface area contributed by atoms with Crippen LogP contribution in [0.25, 0.3) is 0 Å². The molecule has 0 bridgehead atoms. The van der Waals surface area contributed by atoms with E-state index in [1.54, 1.807) is 6.20 Å². The van der Waals surface area contributed by atoms with Crippen LogP contribution in [-0.4, -0.2) is 16.3 Å². The second-order valence-electron chi connectivity index (χ2n) is 5.06. The van der Waals surface area contributed by atoms with Crippen LogP contribution in [0.1, 0.15) is 43.1 Å². The van der Waals surface area contributed by atoms with Crippen LogP contribution in [0.2, 0.25) is 5.02 Å². The molecule has 0 aliphatic heterocycles. The lowest BCUT2D eigenvalue weighted by molar-refractivity contribution is 0.528. The highest BCUT2D eigenvalue weighted by atomic mass is 127.